The molecule has 6 nitrogen and oxygen atoms in total. The summed E-state index contributed by atoms with van der Waals surface area (Å²) in [6.07, 6.45) is 2.68. The van der Waals surface area contributed by atoms with Gasteiger partial charge in [0.05, 0.1) is 13.1 Å². The Balaban J connectivity index is 1.67. The number of rotatable bonds is 9. The molecule has 1 saturated heterocycles. The van der Waals surface area contributed by atoms with E-state index in [1.165, 1.54) is 11.1 Å². The van der Waals surface area contributed by atoms with Crippen molar-refractivity contribution >= 4 is 11.9 Å². The highest BCUT2D eigenvalue weighted by Crippen LogP contribution is 2.16. The number of nitrogens with one attached hydrogen (secondary N) is 1. The molecule has 0 atom stereocenters. The summed E-state index contributed by atoms with van der Waals surface area (Å²) < 4.78 is 0. The number of hydrogen-bond donors (Lipinski definition) is 2. The lowest BCUT2D eigenvalue weighted by Crippen LogP contribution is -2.48. The molecule has 144 valence electrons. The molecule has 1 aliphatic heterocycles. The number of aliphatic carboxylic acids is 1. The molecule has 26 heavy (non-hydrogen) atoms. The first-order valence-electron chi connectivity index (χ1n) is 9.49. The van der Waals surface area contributed by atoms with Gasteiger partial charge in [-0.05, 0) is 43.9 Å². The van der Waals surface area contributed by atoms with Crippen LogP contribution in [-0.4, -0.2) is 72.1 Å². The SMILES string of the molecule is CCN(CC(=O)O)C1CCN(CC(=O)NCCc2ccccc2C)CC1. The van der Waals surface area contributed by atoms with Crippen LogP contribution in [0.25, 0.3) is 0 Å². The van der Waals surface area contributed by atoms with E-state index in [-0.39, 0.29) is 12.5 Å². The summed E-state index contributed by atoms with van der Waals surface area (Å²) in [7, 11) is 0. The fourth-order valence-corrected chi connectivity index (χ4v) is 3.60. The first-order chi connectivity index (χ1) is 12.5. The molecule has 1 aromatic carbocycles. The second-order valence-electron chi connectivity index (χ2n) is 6.99. The molecule has 0 bridgehead atoms. The van der Waals surface area contributed by atoms with Crippen LogP contribution in [0.2, 0.25) is 0 Å². The van der Waals surface area contributed by atoms with Crippen LogP contribution in [0.15, 0.2) is 24.3 Å². The minimum atomic E-state index is -0.776. The van der Waals surface area contributed by atoms with E-state index >= 15 is 0 Å². The van der Waals surface area contributed by atoms with Crippen LogP contribution in [-0.2, 0) is 16.0 Å². The number of likely N-dealkylation sites (N-methyl/N-ethyl adjacent to an activating group) is 1. The summed E-state index contributed by atoms with van der Waals surface area (Å²) in [5.74, 6) is -0.711. The number of carboxylic acid groups (broad SMARTS) is 1. The monoisotopic (exact) mass is 361 g/mol. The van der Waals surface area contributed by atoms with Crippen molar-refractivity contribution < 1.29 is 14.7 Å². The van der Waals surface area contributed by atoms with Gasteiger partial charge >= 0.3 is 5.97 Å². The number of nitrogens with zero attached hydrogens (tertiary/aromatic N) is 2. The third kappa shape index (κ3) is 6.42. The maximum Gasteiger partial charge on any atom is 0.317 e. The second-order valence-corrected chi connectivity index (χ2v) is 6.99. The predicted octanol–water partition coefficient (Wildman–Crippen LogP) is 1.52. The number of amides is 1. The summed E-state index contributed by atoms with van der Waals surface area (Å²) in [6.45, 7) is 7.69. The molecule has 1 fully saturated rings. The van der Waals surface area contributed by atoms with Crippen LogP contribution >= 0.6 is 0 Å². The van der Waals surface area contributed by atoms with Gasteiger partial charge in [-0.15, -0.1) is 0 Å². The van der Waals surface area contributed by atoms with Crippen molar-refractivity contribution in [1.82, 2.24) is 15.1 Å². The molecule has 0 radical (unpaired) electrons. The summed E-state index contributed by atoms with van der Waals surface area (Å²) in [4.78, 5) is 27.3. The van der Waals surface area contributed by atoms with Crippen LogP contribution in [0.1, 0.15) is 30.9 Å². The molecule has 0 saturated carbocycles. The summed E-state index contributed by atoms with van der Waals surface area (Å²) >= 11 is 0. The molecular weight excluding hydrogens is 330 g/mol. The number of carboxylic acids is 1. The highest BCUT2D eigenvalue weighted by atomic mass is 16.4. The summed E-state index contributed by atoms with van der Waals surface area (Å²) in [5, 5.41) is 12.0. The van der Waals surface area contributed by atoms with Crippen molar-refractivity contribution in [2.45, 2.75) is 39.2 Å². The largest absolute Gasteiger partial charge is 0.480 e. The zero-order valence-electron chi connectivity index (χ0n) is 15.9. The maximum atomic E-state index is 12.2. The lowest BCUT2D eigenvalue weighted by atomic mass is 10.0. The van der Waals surface area contributed by atoms with E-state index in [1.54, 1.807) is 0 Å². The van der Waals surface area contributed by atoms with E-state index in [9.17, 15) is 9.59 Å². The number of benzene rings is 1. The van der Waals surface area contributed by atoms with Crippen molar-refractivity contribution in [3.63, 3.8) is 0 Å². The average Bonchev–Trinajstić information content (AvgIpc) is 2.62. The Labute approximate surface area is 156 Å². The Morgan fingerprint density at radius 3 is 2.58 bits per heavy atom. The number of hydrogen-bond acceptors (Lipinski definition) is 4. The number of likely N-dealkylation sites (tertiary alicyclic amines) is 1. The normalized spacial score (nSPS) is 16.0. The number of carbonyl (C=O) groups excluding carboxylic acids is 1. The van der Waals surface area contributed by atoms with Crippen LogP contribution in [0.3, 0.4) is 0 Å². The van der Waals surface area contributed by atoms with Gasteiger partial charge in [-0.3, -0.25) is 19.4 Å². The van der Waals surface area contributed by atoms with Gasteiger partial charge in [-0.2, -0.15) is 0 Å². The van der Waals surface area contributed by atoms with Crippen LogP contribution in [0.4, 0.5) is 0 Å². The fraction of sp³-hybridized carbons (Fsp3) is 0.600. The van der Waals surface area contributed by atoms with E-state index < -0.39 is 5.97 Å². The van der Waals surface area contributed by atoms with Gasteiger partial charge in [0.2, 0.25) is 5.91 Å². The third-order valence-electron chi connectivity index (χ3n) is 5.16. The van der Waals surface area contributed by atoms with Crippen LogP contribution in [0, 0.1) is 6.92 Å². The average molecular weight is 361 g/mol. The maximum absolute atomic E-state index is 12.2. The van der Waals surface area contributed by atoms with Gasteiger partial charge in [-0.1, -0.05) is 31.2 Å². The third-order valence-corrected chi connectivity index (χ3v) is 5.16. The molecule has 1 aromatic rings. The summed E-state index contributed by atoms with van der Waals surface area (Å²) in [6, 6.07) is 8.54. The molecule has 0 aliphatic carbocycles. The predicted molar refractivity (Wildman–Crippen MR) is 102 cm³/mol. The molecule has 0 spiro atoms. The van der Waals surface area contributed by atoms with Crippen molar-refractivity contribution in [3.05, 3.63) is 35.4 Å². The van der Waals surface area contributed by atoms with Crippen molar-refractivity contribution in [3.8, 4) is 0 Å². The molecule has 1 aliphatic rings. The lowest BCUT2D eigenvalue weighted by molar-refractivity contribution is -0.139. The van der Waals surface area contributed by atoms with Gasteiger partial charge in [0.1, 0.15) is 0 Å². The Hall–Kier alpha value is -1.92. The number of carbonyl (C=O) groups is 2. The Kier molecular flexibility index (Phi) is 8.06. The molecular formula is C20H31N3O3. The first kappa shape index (κ1) is 20.4. The molecule has 2 rings (SSSR count). The molecule has 0 unspecified atom stereocenters. The lowest BCUT2D eigenvalue weighted by Gasteiger charge is -2.37. The highest BCUT2D eigenvalue weighted by molar-refractivity contribution is 5.78. The van der Waals surface area contributed by atoms with E-state index in [4.69, 9.17) is 5.11 Å². The molecule has 1 amide bonds. The quantitative estimate of drug-likeness (QED) is 0.698. The molecule has 1 heterocycles. The Morgan fingerprint density at radius 2 is 1.96 bits per heavy atom. The van der Waals surface area contributed by atoms with E-state index in [0.29, 0.717) is 19.1 Å². The molecule has 0 aromatic heterocycles. The van der Waals surface area contributed by atoms with Crippen molar-refractivity contribution in [2.24, 2.45) is 0 Å². The minimum absolute atomic E-state index is 0.0647. The minimum Gasteiger partial charge on any atom is -0.480 e. The molecule has 6 heteroatoms. The number of aryl methyl sites for hydroxylation is 1. The fourth-order valence-electron chi connectivity index (χ4n) is 3.60. The zero-order chi connectivity index (χ0) is 18.9. The van der Waals surface area contributed by atoms with Gasteiger partial charge < -0.3 is 10.4 Å². The van der Waals surface area contributed by atoms with E-state index in [0.717, 1.165) is 38.9 Å². The van der Waals surface area contributed by atoms with Crippen LogP contribution in [0.5, 0.6) is 0 Å². The summed E-state index contributed by atoms with van der Waals surface area (Å²) in [5.41, 5.74) is 2.53. The van der Waals surface area contributed by atoms with Gasteiger partial charge in [-0.25, -0.2) is 0 Å². The zero-order valence-corrected chi connectivity index (χ0v) is 15.9. The highest BCUT2D eigenvalue weighted by Gasteiger charge is 2.25. The first-order valence-corrected chi connectivity index (χ1v) is 9.49. The van der Waals surface area contributed by atoms with Crippen molar-refractivity contribution in [1.29, 1.82) is 0 Å². The Morgan fingerprint density at radius 1 is 1.27 bits per heavy atom. The van der Waals surface area contributed by atoms with Crippen molar-refractivity contribution in [2.75, 3.05) is 39.3 Å². The van der Waals surface area contributed by atoms with Gasteiger partial charge in [0.15, 0.2) is 0 Å². The van der Waals surface area contributed by atoms with E-state index in [1.807, 2.05) is 24.0 Å². The smallest absolute Gasteiger partial charge is 0.317 e. The topological polar surface area (TPSA) is 72.9 Å². The van der Waals surface area contributed by atoms with E-state index in [2.05, 4.69) is 29.3 Å². The standard InChI is InChI=1S/C20H31N3O3/c1-3-23(15-20(25)26)18-9-12-22(13-10-18)14-19(24)21-11-8-17-7-5-4-6-16(17)2/h4-7,18H,3,8-15H2,1-2H3,(H,21,24)(H,25,26). The Bertz CT molecular complexity index is 598. The molecule has 2 N–H and O–H groups in total. The number of piperidine rings is 1. The van der Waals surface area contributed by atoms with Gasteiger partial charge in [0, 0.05) is 25.7 Å². The van der Waals surface area contributed by atoms with Gasteiger partial charge in [0.25, 0.3) is 0 Å². The van der Waals surface area contributed by atoms with Crippen LogP contribution < -0.4 is 5.32 Å². The second kappa shape index (κ2) is 10.3.